The fraction of sp³-hybridized carbons (Fsp3) is 0.588. The number of phenolic OH excluding ortho intramolecular Hbond substituents is 1. The van der Waals surface area contributed by atoms with Crippen molar-refractivity contribution in [1.29, 1.82) is 0 Å². The third-order valence-electron chi connectivity index (χ3n) is 6.45. The molecule has 22 heavy (non-hydrogen) atoms. The van der Waals surface area contributed by atoms with Crippen LogP contribution in [0.3, 0.4) is 0 Å². The molecule has 2 bridgehead atoms. The number of likely N-dealkylation sites (tertiary alicyclic amines) is 1. The number of nitrogens with zero attached hydrogens (tertiary/aromatic N) is 1. The molecule has 1 aromatic rings. The van der Waals surface area contributed by atoms with Crippen LogP contribution in [0.15, 0.2) is 10.5 Å². The van der Waals surface area contributed by atoms with Crippen molar-refractivity contribution >= 4 is 21.7 Å². The van der Waals surface area contributed by atoms with E-state index in [0.29, 0.717) is 28.6 Å². The number of benzene rings is 1. The topological polar surface area (TPSA) is 49.8 Å². The largest absolute Gasteiger partial charge is 0.503 e. The highest BCUT2D eigenvalue weighted by Crippen LogP contribution is 2.63. The molecule has 2 heterocycles. The molecule has 1 N–H and O–H groups in total. The van der Waals surface area contributed by atoms with Crippen molar-refractivity contribution in [2.24, 2.45) is 5.92 Å². The highest BCUT2D eigenvalue weighted by Gasteiger charge is 2.65. The first-order chi connectivity index (χ1) is 10.5. The monoisotopic (exact) mass is 363 g/mol. The molecular formula is C17H18BrNO3. The van der Waals surface area contributed by atoms with Crippen LogP contribution in [0.2, 0.25) is 0 Å². The van der Waals surface area contributed by atoms with E-state index in [2.05, 4.69) is 27.9 Å². The summed E-state index contributed by atoms with van der Waals surface area (Å²) < 4.78 is 6.76. The van der Waals surface area contributed by atoms with E-state index in [1.165, 1.54) is 5.56 Å². The highest BCUT2D eigenvalue weighted by atomic mass is 79.9. The smallest absolute Gasteiger partial charge is 0.174 e. The van der Waals surface area contributed by atoms with Gasteiger partial charge in [-0.25, -0.2) is 0 Å². The fourth-order valence-electron chi connectivity index (χ4n) is 5.56. The maximum absolute atomic E-state index is 12.6. The summed E-state index contributed by atoms with van der Waals surface area (Å²) >= 11 is 3.44. The maximum atomic E-state index is 12.6. The summed E-state index contributed by atoms with van der Waals surface area (Å²) in [5, 5.41) is 10.4. The lowest BCUT2D eigenvalue weighted by atomic mass is 9.52. The molecule has 116 valence electrons. The van der Waals surface area contributed by atoms with Gasteiger partial charge in [0.1, 0.15) is 0 Å². The third-order valence-corrected chi connectivity index (χ3v) is 7.06. The summed E-state index contributed by atoms with van der Waals surface area (Å²) in [6, 6.07) is 2.51. The Morgan fingerprint density at radius 2 is 2.32 bits per heavy atom. The second kappa shape index (κ2) is 4.06. The normalized spacial score (nSPS) is 38.6. The minimum atomic E-state index is -0.392. The van der Waals surface area contributed by atoms with Crippen LogP contribution in [-0.4, -0.2) is 41.5 Å². The number of hydrogen-bond donors (Lipinski definition) is 1. The van der Waals surface area contributed by atoms with E-state index in [0.717, 1.165) is 31.4 Å². The van der Waals surface area contributed by atoms with Gasteiger partial charge in [0, 0.05) is 23.4 Å². The van der Waals surface area contributed by atoms with Crippen molar-refractivity contribution in [3.63, 3.8) is 0 Å². The molecule has 1 saturated carbocycles. The Hall–Kier alpha value is -1.07. The molecule has 2 aliphatic heterocycles. The first-order valence-electron chi connectivity index (χ1n) is 7.98. The van der Waals surface area contributed by atoms with Gasteiger partial charge in [-0.2, -0.15) is 0 Å². The Morgan fingerprint density at radius 3 is 3.14 bits per heavy atom. The van der Waals surface area contributed by atoms with Crippen LogP contribution in [0.25, 0.3) is 0 Å². The van der Waals surface area contributed by atoms with Gasteiger partial charge in [-0.3, -0.25) is 4.79 Å². The lowest BCUT2D eigenvalue weighted by Crippen LogP contribution is -2.65. The Labute approximate surface area is 137 Å². The molecule has 5 heteroatoms. The van der Waals surface area contributed by atoms with Crippen LogP contribution >= 0.6 is 15.9 Å². The number of carbonyl (C=O) groups excluding carboxylic acids is 1. The number of piperidine rings is 1. The standard InChI is InChI=1S/C17H18BrNO3/c1-19-5-4-17-9-2-3-12(20)16(17)22-15-13(17)8(7-11(9)19)6-10(18)14(15)21/h6,9,11,16,21H,2-5,7H2,1H3/t9-,11+,16-,17-/m0/s1. The zero-order valence-electron chi connectivity index (χ0n) is 12.4. The molecule has 5 rings (SSSR count). The minimum absolute atomic E-state index is 0.159. The van der Waals surface area contributed by atoms with Gasteiger partial charge in [-0.15, -0.1) is 0 Å². The lowest BCUT2D eigenvalue weighted by Gasteiger charge is -2.57. The van der Waals surface area contributed by atoms with Gasteiger partial charge in [0.15, 0.2) is 23.4 Å². The van der Waals surface area contributed by atoms with Crippen molar-refractivity contribution < 1.29 is 14.6 Å². The minimum Gasteiger partial charge on any atom is -0.503 e. The number of aromatic hydroxyl groups is 1. The summed E-state index contributed by atoms with van der Waals surface area (Å²) in [5.74, 6) is 1.39. The van der Waals surface area contributed by atoms with E-state index in [1.54, 1.807) is 0 Å². The van der Waals surface area contributed by atoms with Gasteiger partial charge in [0.05, 0.1) is 4.47 Å². The van der Waals surface area contributed by atoms with Crippen molar-refractivity contribution in [2.45, 2.75) is 43.2 Å². The first kappa shape index (κ1) is 13.4. The predicted octanol–water partition coefficient (Wildman–Crippen LogP) is 2.39. The van der Waals surface area contributed by atoms with Crippen LogP contribution < -0.4 is 4.74 Å². The van der Waals surface area contributed by atoms with E-state index in [9.17, 15) is 9.90 Å². The molecular weight excluding hydrogens is 346 g/mol. The molecule has 4 nitrogen and oxygen atoms in total. The lowest BCUT2D eigenvalue weighted by molar-refractivity contribution is -0.138. The summed E-state index contributed by atoms with van der Waals surface area (Å²) in [7, 11) is 2.19. The summed E-state index contributed by atoms with van der Waals surface area (Å²) in [6.07, 6.45) is 3.09. The van der Waals surface area contributed by atoms with E-state index in [1.807, 2.05) is 6.07 Å². The summed E-state index contributed by atoms with van der Waals surface area (Å²) in [6.45, 7) is 0.990. The van der Waals surface area contributed by atoms with Gasteiger partial charge in [0.2, 0.25) is 0 Å². The Balaban J connectivity index is 1.84. The van der Waals surface area contributed by atoms with Gasteiger partial charge in [-0.05, 0) is 66.3 Å². The first-order valence-corrected chi connectivity index (χ1v) is 8.78. The van der Waals surface area contributed by atoms with E-state index in [-0.39, 0.29) is 16.9 Å². The molecule has 0 aromatic heterocycles. The zero-order valence-corrected chi connectivity index (χ0v) is 14.0. The van der Waals surface area contributed by atoms with E-state index in [4.69, 9.17) is 4.74 Å². The number of halogens is 1. The predicted molar refractivity (Wildman–Crippen MR) is 84.4 cm³/mol. The highest BCUT2D eigenvalue weighted by molar-refractivity contribution is 9.10. The molecule has 2 fully saturated rings. The second-order valence-electron chi connectivity index (χ2n) is 7.22. The Kier molecular flexibility index (Phi) is 2.47. The van der Waals surface area contributed by atoms with Crippen LogP contribution in [0.5, 0.6) is 11.5 Å². The van der Waals surface area contributed by atoms with Crippen LogP contribution in [-0.2, 0) is 16.6 Å². The molecule has 4 aliphatic rings. The second-order valence-corrected chi connectivity index (χ2v) is 8.08. The Bertz CT molecular complexity index is 718. The van der Waals surface area contributed by atoms with Gasteiger partial charge < -0.3 is 14.7 Å². The van der Waals surface area contributed by atoms with Crippen LogP contribution in [0, 0.1) is 5.92 Å². The number of ether oxygens (including phenoxy) is 1. The third kappa shape index (κ3) is 1.32. The van der Waals surface area contributed by atoms with Gasteiger partial charge >= 0.3 is 0 Å². The van der Waals surface area contributed by atoms with Crippen LogP contribution in [0.4, 0.5) is 0 Å². The molecule has 0 radical (unpaired) electrons. The maximum Gasteiger partial charge on any atom is 0.174 e. The van der Waals surface area contributed by atoms with Crippen molar-refractivity contribution in [3.05, 3.63) is 21.7 Å². The number of hydrogen-bond acceptors (Lipinski definition) is 4. The van der Waals surface area contributed by atoms with Crippen molar-refractivity contribution in [2.75, 3.05) is 13.6 Å². The Morgan fingerprint density at radius 1 is 1.50 bits per heavy atom. The molecule has 0 unspecified atom stereocenters. The molecule has 0 amide bonds. The number of rotatable bonds is 0. The molecule has 4 atom stereocenters. The van der Waals surface area contributed by atoms with Gasteiger partial charge in [-0.1, -0.05) is 0 Å². The number of likely N-dealkylation sites (N-methyl/N-ethyl adjacent to an activating group) is 1. The quantitative estimate of drug-likeness (QED) is 0.768. The molecule has 1 spiro atoms. The fourth-order valence-corrected chi connectivity index (χ4v) is 6.02. The van der Waals surface area contributed by atoms with Crippen molar-refractivity contribution in [3.8, 4) is 11.5 Å². The molecule has 1 saturated heterocycles. The average Bonchev–Trinajstić information content (AvgIpc) is 2.84. The SMILES string of the molecule is CN1CC[C@]23c4c5cc(Br)c(O)c4O[C@H]2C(=O)CC[C@H]3[C@H]1C5. The number of Topliss-reactive ketones (excluding diaryl/α,β-unsaturated/α-hetero) is 1. The van der Waals surface area contributed by atoms with E-state index < -0.39 is 6.10 Å². The average molecular weight is 364 g/mol. The number of carbonyl (C=O) groups is 1. The number of ketones is 1. The number of phenols is 1. The molecule has 1 aromatic carbocycles. The summed E-state index contributed by atoms with van der Waals surface area (Å²) in [4.78, 5) is 15.0. The van der Waals surface area contributed by atoms with Gasteiger partial charge in [0.25, 0.3) is 0 Å². The molecule has 2 aliphatic carbocycles. The van der Waals surface area contributed by atoms with E-state index >= 15 is 0 Å². The van der Waals surface area contributed by atoms with Crippen LogP contribution in [0.1, 0.15) is 30.4 Å². The van der Waals surface area contributed by atoms with Crippen molar-refractivity contribution in [1.82, 2.24) is 4.90 Å². The summed E-state index contributed by atoms with van der Waals surface area (Å²) in [5.41, 5.74) is 2.18. The zero-order chi connectivity index (χ0) is 15.2.